The lowest BCUT2D eigenvalue weighted by atomic mass is 10.1. The van der Waals surface area contributed by atoms with Crippen LogP contribution >= 0.6 is 0 Å². The van der Waals surface area contributed by atoms with Crippen LogP contribution in [0, 0.1) is 0 Å². The van der Waals surface area contributed by atoms with Gasteiger partial charge in [-0.05, 0) is 30.3 Å². The summed E-state index contributed by atoms with van der Waals surface area (Å²) < 4.78 is 0. The van der Waals surface area contributed by atoms with Gasteiger partial charge < -0.3 is 15.7 Å². The van der Waals surface area contributed by atoms with Crippen LogP contribution in [0.3, 0.4) is 0 Å². The zero-order valence-electron chi connectivity index (χ0n) is 10.1. The lowest BCUT2D eigenvalue weighted by molar-refractivity contribution is -0.110. The Bertz CT molecular complexity index is 660. The van der Waals surface area contributed by atoms with Crippen LogP contribution in [-0.2, 0) is 4.79 Å². The van der Waals surface area contributed by atoms with Crippen LogP contribution in [0.15, 0.2) is 54.7 Å². The molecule has 19 heavy (non-hydrogen) atoms. The lowest BCUT2D eigenvalue weighted by Gasteiger charge is -2.02. The average molecular weight is 252 g/mol. The number of amides is 1. The maximum atomic E-state index is 11.8. The third kappa shape index (κ3) is 2.15. The average Bonchev–Trinajstić information content (AvgIpc) is 2.74. The summed E-state index contributed by atoms with van der Waals surface area (Å²) in [7, 11) is 0. The van der Waals surface area contributed by atoms with E-state index in [0.717, 1.165) is 16.9 Å². The van der Waals surface area contributed by atoms with Gasteiger partial charge in [0.25, 0.3) is 5.91 Å². The van der Waals surface area contributed by atoms with Gasteiger partial charge in [-0.15, -0.1) is 0 Å². The molecule has 0 aromatic heterocycles. The molecule has 94 valence electrons. The Hall–Kier alpha value is -2.75. The number of phenols is 1. The third-order valence-corrected chi connectivity index (χ3v) is 2.96. The SMILES string of the molecule is O=C1Nc2ccccc2/C1=C\Nc1ccc(O)cc1. The molecule has 0 aliphatic carbocycles. The van der Waals surface area contributed by atoms with Crippen molar-refractivity contribution >= 4 is 22.9 Å². The van der Waals surface area contributed by atoms with Gasteiger partial charge in [-0.3, -0.25) is 4.79 Å². The number of rotatable bonds is 2. The highest BCUT2D eigenvalue weighted by Crippen LogP contribution is 2.31. The quantitative estimate of drug-likeness (QED) is 0.569. The molecule has 3 rings (SSSR count). The summed E-state index contributed by atoms with van der Waals surface area (Å²) in [6.07, 6.45) is 1.67. The van der Waals surface area contributed by atoms with Crippen molar-refractivity contribution in [2.75, 3.05) is 10.6 Å². The first-order chi connectivity index (χ1) is 9.24. The summed E-state index contributed by atoms with van der Waals surface area (Å²) in [5, 5.41) is 15.1. The van der Waals surface area contributed by atoms with E-state index in [2.05, 4.69) is 10.6 Å². The Labute approximate surface area is 110 Å². The Morgan fingerprint density at radius 1 is 1.05 bits per heavy atom. The first-order valence-electron chi connectivity index (χ1n) is 5.90. The molecule has 2 aromatic carbocycles. The van der Waals surface area contributed by atoms with Crippen molar-refractivity contribution in [1.29, 1.82) is 0 Å². The fraction of sp³-hybridized carbons (Fsp3) is 0. The summed E-state index contributed by atoms with van der Waals surface area (Å²) in [4.78, 5) is 11.8. The number of carbonyl (C=O) groups is 1. The number of anilines is 2. The molecule has 0 saturated heterocycles. The number of phenolic OH excluding ortho intramolecular Hbond substituents is 1. The normalized spacial score (nSPS) is 15.2. The van der Waals surface area contributed by atoms with E-state index in [9.17, 15) is 9.90 Å². The molecule has 2 aromatic rings. The number of carbonyl (C=O) groups excluding carboxylic acids is 1. The van der Waals surface area contributed by atoms with Crippen molar-refractivity contribution in [1.82, 2.24) is 0 Å². The maximum Gasteiger partial charge on any atom is 0.257 e. The first-order valence-corrected chi connectivity index (χ1v) is 5.90. The van der Waals surface area contributed by atoms with Crippen LogP contribution in [0.2, 0.25) is 0 Å². The monoisotopic (exact) mass is 252 g/mol. The summed E-state index contributed by atoms with van der Waals surface area (Å²) >= 11 is 0. The highest BCUT2D eigenvalue weighted by Gasteiger charge is 2.23. The number of benzene rings is 2. The highest BCUT2D eigenvalue weighted by molar-refractivity contribution is 6.31. The van der Waals surface area contributed by atoms with Crippen molar-refractivity contribution in [3.63, 3.8) is 0 Å². The van der Waals surface area contributed by atoms with Crippen LogP contribution in [0.25, 0.3) is 5.57 Å². The number of para-hydroxylation sites is 1. The predicted octanol–water partition coefficient (Wildman–Crippen LogP) is 2.80. The largest absolute Gasteiger partial charge is 0.508 e. The second-order valence-corrected chi connectivity index (χ2v) is 4.25. The number of fused-ring (bicyclic) bond motifs is 1. The number of nitrogens with one attached hydrogen (secondary N) is 2. The Kier molecular flexibility index (Phi) is 2.68. The highest BCUT2D eigenvalue weighted by atomic mass is 16.3. The van der Waals surface area contributed by atoms with E-state index in [0.29, 0.717) is 5.57 Å². The van der Waals surface area contributed by atoms with Crippen molar-refractivity contribution in [2.24, 2.45) is 0 Å². The number of hydrogen-bond acceptors (Lipinski definition) is 3. The van der Waals surface area contributed by atoms with Gasteiger partial charge in [0.2, 0.25) is 0 Å². The molecule has 3 N–H and O–H groups in total. The molecule has 0 bridgehead atoms. The van der Waals surface area contributed by atoms with Crippen molar-refractivity contribution in [3.05, 3.63) is 60.3 Å². The molecule has 1 heterocycles. The van der Waals surface area contributed by atoms with Gasteiger partial charge >= 0.3 is 0 Å². The molecule has 0 unspecified atom stereocenters. The van der Waals surface area contributed by atoms with Crippen molar-refractivity contribution < 1.29 is 9.90 Å². The smallest absolute Gasteiger partial charge is 0.257 e. The number of aromatic hydroxyl groups is 1. The molecule has 1 aliphatic heterocycles. The molecule has 1 aliphatic rings. The van der Waals surface area contributed by atoms with E-state index in [1.165, 1.54) is 0 Å². The fourth-order valence-corrected chi connectivity index (χ4v) is 2.00. The minimum Gasteiger partial charge on any atom is -0.508 e. The number of hydrogen-bond donors (Lipinski definition) is 3. The zero-order valence-corrected chi connectivity index (χ0v) is 10.1. The molecule has 0 fully saturated rings. The molecule has 4 nitrogen and oxygen atoms in total. The molecular formula is C15H12N2O2. The van der Waals surface area contributed by atoms with Crippen LogP contribution < -0.4 is 10.6 Å². The van der Waals surface area contributed by atoms with Gasteiger partial charge in [0.05, 0.1) is 5.57 Å². The summed E-state index contributed by atoms with van der Waals surface area (Å²) in [6, 6.07) is 14.2. The van der Waals surface area contributed by atoms with Gasteiger partial charge in [0.15, 0.2) is 0 Å². The van der Waals surface area contributed by atoms with E-state index in [4.69, 9.17) is 0 Å². The first kappa shape index (κ1) is 11.3. The Morgan fingerprint density at radius 3 is 2.58 bits per heavy atom. The van der Waals surface area contributed by atoms with Crippen molar-refractivity contribution in [3.8, 4) is 5.75 Å². The van der Waals surface area contributed by atoms with Crippen LogP contribution in [-0.4, -0.2) is 11.0 Å². The standard InChI is InChI=1S/C15H12N2O2/c18-11-7-5-10(6-8-11)16-9-13-12-3-1-2-4-14(12)17-15(13)19/h1-9,16,18H,(H,17,19)/b13-9+. The van der Waals surface area contributed by atoms with E-state index in [1.54, 1.807) is 30.5 Å². The molecule has 0 saturated carbocycles. The minimum absolute atomic E-state index is 0.118. The van der Waals surface area contributed by atoms with Crippen LogP contribution in [0.5, 0.6) is 5.75 Å². The molecule has 0 atom stereocenters. The van der Waals surface area contributed by atoms with Gasteiger partial charge in [-0.25, -0.2) is 0 Å². The molecular weight excluding hydrogens is 240 g/mol. The third-order valence-electron chi connectivity index (χ3n) is 2.96. The molecule has 1 amide bonds. The van der Waals surface area contributed by atoms with Crippen LogP contribution in [0.4, 0.5) is 11.4 Å². The Morgan fingerprint density at radius 2 is 1.79 bits per heavy atom. The van der Waals surface area contributed by atoms with E-state index >= 15 is 0 Å². The molecule has 4 heteroatoms. The zero-order chi connectivity index (χ0) is 13.2. The predicted molar refractivity (Wildman–Crippen MR) is 74.8 cm³/mol. The van der Waals surface area contributed by atoms with E-state index in [1.807, 2.05) is 24.3 Å². The lowest BCUT2D eigenvalue weighted by Crippen LogP contribution is -2.05. The van der Waals surface area contributed by atoms with E-state index in [-0.39, 0.29) is 11.7 Å². The van der Waals surface area contributed by atoms with Crippen LogP contribution in [0.1, 0.15) is 5.56 Å². The van der Waals surface area contributed by atoms with Gasteiger partial charge in [-0.1, -0.05) is 18.2 Å². The van der Waals surface area contributed by atoms with E-state index < -0.39 is 0 Å². The van der Waals surface area contributed by atoms with Crippen molar-refractivity contribution in [2.45, 2.75) is 0 Å². The summed E-state index contributed by atoms with van der Waals surface area (Å²) in [6.45, 7) is 0. The summed E-state index contributed by atoms with van der Waals surface area (Å²) in [5.41, 5.74) is 3.12. The molecule has 0 spiro atoms. The summed E-state index contributed by atoms with van der Waals surface area (Å²) in [5.74, 6) is 0.0923. The second kappa shape index (κ2) is 4.49. The second-order valence-electron chi connectivity index (χ2n) is 4.25. The fourth-order valence-electron chi connectivity index (χ4n) is 2.00. The minimum atomic E-state index is -0.118. The maximum absolute atomic E-state index is 11.8. The topological polar surface area (TPSA) is 61.4 Å². The van der Waals surface area contributed by atoms with Gasteiger partial charge in [0.1, 0.15) is 5.75 Å². The van der Waals surface area contributed by atoms with Gasteiger partial charge in [0, 0.05) is 23.1 Å². The molecule has 0 radical (unpaired) electrons. The van der Waals surface area contributed by atoms with Gasteiger partial charge in [-0.2, -0.15) is 0 Å². The Balaban J connectivity index is 1.88.